The normalized spacial score (nSPS) is 14.2. The molecule has 0 bridgehead atoms. The van der Waals surface area contributed by atoms with E-state index in [-0.39, 0.29) is 11.8 Å². The molecular formula is C31H31N3O3. The Balaban J connectivity index is 1.41. The number of carbonyl (C=O) groups is 2. The van der Waals surface area contributed by atoms with E-state index in [9.17, 15) is 9.59 Å². The maximum Gasteiger partial charge on any atom is 0.330 e. The van der Waals surface area contributed by atoms with Crippen molar-refractivity contribution < 1.29 is 14.3 Å². The molecule has 188 valence electrons. The van der Waals surface area contributed by atoms with Crippen molar-refractivity contribution in [2.45, 2.75) is 38.6 Å². The first-order valence-electron chi connectivity index (χ1n) is 12.8. The summed E-state index contributed by atoms with van der Waals surface area (Å²) in [5, 5.41) is 0. The summed E-state index contributed by atoms with van der Waals surface area (Å²) in [6, 6.07) is 22.3. The second kappa shape index (κ2) is 11.2. The summed E-state index contributed by atoms with van der Waals surface area (Å²) in [7, 11) is 1.36. The van der Waals surface area contributed by atoms with Crippen molar-refractivity contribution in [2.75, 3.05) is 12.0 Å². The molecule has 0 atom stereocenters. The van der Waals surface area contributed by atoms with Crippen molar-refractivity contribution in [1.29, 1.82) is 0 Å². The number of aromatic amines is 1. The Labute approximate surface area is 217 Å². The van der Waals surface area contributed by atoms with E-state index in [1.54, 1.807) is 12.4 Å². The van der Waals surface area contributed by atoms with Crippen molar-refractivity contribution in [2.24, 2.45) is 5.92 Å². The zero-order chi connectivity index (χ0) is 25.6. The minimum absolute atomic E-state index is 0.0448. The van der Waals surface area contributed by atoms with Gasteiger partial charge in [0.1, 0.15) is 0 Å². The number of ether oxygens (including phenoxy) is 1. The van der Waals surface area contributed by atoms with Gasteiger partial charge in [-0.25, -0.2) is 9.78 Å². The molecule has 4 aromatic rings. The van der Waals surface area contributed by atoms with Gasteiger partial charge in [-0.05, 0) is 65.4 Å². The number of methoxy groups -OCH3 is 1. The number of fused-ring (bicyclic) bond motifs is 1. The first-order chi connectivity index (χ1) is 18.1. The fourth-order valence-electron chi connectivity index (χ4n) is 5.00. The van der Waals surface area contributed by atoms with Crippen molar-refractivity contribution in [3.63, 3.8) is 0 Å². The third-order valence-corrected chi connectivity index (χ3v) is 7.06. The van der Waals surface area contributed by atoms with Gasteiger partial charge in [-0.3, -0.25) is 4.79 Å². The van der Waals surface area contributed by atoms with Gasteiger partial charge in [-0.15, -0.1) is 0 Å². The van der Waals surface area contributed by atoms with Crippen molar-refractivity contribution in [3.05, 3.63) is 90.3 Å². The van der Waals surface area contributed by atoms with Crippen LogP contribution in [0.1, 0.15) is 43.2 Å². The molecule has 0 aliphatic heterocycles. The Morgan fingerprint density at radius 2 is 1.78 bits per heavy atom. The molecule has 1 N–H and O–H groups in total. The largest absolute Gasteiger partial charge is 0.466 e. The Bertz CT molecular complexity index is 1420. The van der Waals surface area contributed by atoms with E-state index < -0.39 is 5.97 Å². The van der Waals surface area contributed by atoms with Crippen LogP contribution in [0.15, 0.2) is 79.1 Å². The molecule has 6 heteroatoms. The standard InChI is InChI=1S/C31H31N3O3/c1-37-30(35)17-12-22-6-5-9-27(18-22)34(31(36)25-7-3-2-4-8-25)20-23-10-13-24(14-11-23)26-15-16-28-29(19-26)33-21-32-28/h5-6,9-19,21,25H,2-4,7-8,20H2,1H3,(H,32,33). The third kappa shape index (κ3) is 5.80. The molecule has 0 radical (unpaired) electrons. The number of nitrogens with zero attached hydrogens (tertiary/aromatic N) is 2. The summed E-state index contributed by atoms with van der Waals surface area (Å²) < 4.78 is 4.71. The Morgan fingerprint density at radius 3 is 2.57 bits per heavy atom. The van der Waals surface area contributed by atoms with Gasteiger partial charge in [-0.1, -0.05) is 61.7 Å². The maximum atomic E-state index is 13.7. The number of rotatable bonds is 7. The van der Waals surface area contributed by atoms with Gasteiger partial charge in [0, 0.05) is 17.7 Å². The van der Waals surface area contributed by atoms with E-state index in [2.05, 4.69) is 46.4 Å². The number of hydrogen-bond donors (Lipinski definition) is 1. The molecule has 6 nitrogen and oxygen atoms in total. The summed E-state index contributed by atoms with van der Waals surface area (Å²) in [4.78, 5) is 34.7. The molecule has 3 aromatic carbocycles. The lowest BCUT2D eigenvalue weighted by Crippen LogP contribution is -2.36. The highest BCUT2D eigenvalue weighted by atomic mass is 16.5. The zero-order valence-corrected chi connectivity index (χ0v) is 21.0. The first kappa shape index (κ1) is 24.5. The maximum absolute atomic E-state index is 13.7. The second-order valence-corrected chi connectivity index (χ2v) is 9.54. The second-order valence-electron chi connectivity index (χ2n) is 9.54. The number of hydrogen-bond acceptors (Lipinski definition) is 4. The van der Waals surface area contributed by atoms with Gasteiger partial charge in [0.2, 0.25) is 5.91 Å². The predicted octanol–water partition coefficient (Wildman–Crippen LogP) is 6.53. The number of benzene rings is 3. The number of esters is 1. The summed E-state index contributed by atoms with van der Waals surface area (Å²) >= 11 is 0. The topological polar surface area (TPSA) is 75.3 Å². The highest BCUT2D eigenvalue weighted by molar-refractivity contribution is 5.95. The zero-order valence-electron chi connectivity index (χ0n) is 21.0. The van der Waals surface area contributed by atoms with Crippen LogP contribution in [-0.4, -0.2) is 29.0 Å². The number of imidazole rings is 1. The lowest BCUT2D eigenvalue weighted by molar-refractivity contribution is -0.134. The van der Waals surface area contributed by atoms with Crippen LogP contribution in [0.4, 0.5) is 5.69 Å². The van der Waals surface area contributed by atoms with E-state index in [0.717, 1.165) is 64.7 Å². The monoisotopic (exact) mass is 493 g/mol. The van der Waals surface area contributed by atoms with Crippen molar-refractivity contribution in [3.8, 4) is 11.1 Å². The smallest absolute Gasteiger partial charge is 0.330 e. The number of carbonyl (C=O) groups excluding carboxylic acids is 2. The average molecular weight is 494 g/mol. The first-order valence-corrected chi connectivity index (χ1v) is 12.8. The van der Waals surface area contributed by atoms with Crippen molar-refractivity contribution >= 4 is 34.7 Å². The Morgan fingerprint density at radius 1 is 1.00 bits per heavy atom. The molecule has 1 aliphatic carbocycles. The number of amides is 1. The lowest BCUT2D eigenvalue weighted by Gasteiger charge is -2.30. The SMILES string of the molecule is COC(=O)C=Cc1cccc(N(Cc2ccc(-c3ccc4nc[nH]c4c3)cc2)C(=O)C2CCCCC2)c1. The van der Waals surface area contributed by atoms with Gasteiger partial charge in [0.15, 0.2) is 0 Å². The molecule has 1 heterocycles. The lowest BCUT2D eigenvalue weighted by atomic mass is 9.88. The summed E-state index contributed by atoms with van der Waals surface area (Å²) in [6.07, 6.45) is 10.1. The van der Waals surface area contributed by atoms with E-state index in [1.165, 1.54) is 19.6 Å². The number of H-pyrrole nitrogens is 1. The van der Waals surface area contributed by atoms with E-state index in [4.69, 9.17) is 4.74 Å². The van der Waals surface area contributed by atoms with Gasteiger partial charge in [0.05, 0.1) is 31.0 Å². The van der Waals surface area contributed by atoms with Crippen LogP contribution in [0.2, 0.25) is 0 Å². The Hall–Kier alpha value is -4.19. The van der Waals surface area contributed by atoms with Gasteiger partial charge < -0.3 is 14.6 Å². The van der Waals surface area contributed by atoms with E-state index >= 15 is 0 Å². The molecular weight excluding hydrogens is 462 g/mol. The fraction of sp³-hybridized carbons (Fsp3) is 0.258. The van der Waals surface area contributed by atoms with Gasteiger partial charge in [-0.2, -0.15) is 0 Å². The number of nitrogens with one attached hydrogen (secondary N) is 1. The molecule has 5 rings (SSSR count). The van der Waals surface area contributed by atoms with Crippen LogP contribution >= 0.6 is 0 Å². The summed E-state index contributed by atoms with van der Waals surface area (Å²) in [6.45, 7) is 0.485. The summed E-state index contributed by atoms with van der Waals surface area (Å²) in [5.41, 5.74) is 6.91. The number of anilines is 1. The van der Waals surface area contributed by atoms with Gasteiger partial charge >= 0.3 is 5.97 Å². The molecule has 1 saturated carbocycles. The molecule has 0 spiro atoms. The Kier molecular flexibility index (Phi) is 7.45. The van der Waals surface area contributed by atoms with Crippen LogP contribution in [0.5, 0.6) is 0 Å². The van der Waals surface area contributed by atoms with Crippen molar-refractivity contribution in [1.82, 2.24) is 9.97 Å². The molecule has 0 unspecified atom stereocenters. The molecule has 1 aromatic heterocycles. The molecule has 1 amide bonds. The molecule has 1 aliphatic rings. The van der Waals surface area contributed by atoms with Crippen LogP contribution in [0.3, 0.4) is 0 Å². The van der Waals surface area contributed by atoms with Crippen LogP contribution in [0.25, 0.3) is 28.2 Å². The van der Waals surface area contributed by atoms with Crippen LogP contribution in [-0.2, 0) is 20.9 Å². The average Bonchev–Trinajstić information content (AvgIpc) is 3.43. The van der Waals surface area contributed by atoms with Crippen LogP contribution in [0, 0.1) is 5.92 Å². The number of aromatic nitrogens is 2. The van der Waals surface area contributed by atoms with Gasteiger partial charge in [0.25, 0.3) is 0 Å². The van der Waals surface area contributed by atoms with Crippen LogP contribution < -0.4 is 4.90 Å². The highest BCUT2D eigenvalue weighted by Gasteiger charge is 2.27. The minimum Gasteiger partial charge on any atom is -0.466 e. The molecule has 1 fully saturated rings. The third-order valence-electron chi connectivity index (χ3n) is 7.06. The highest BCUT2D eigenvalue weighted by Crippen LogP contribution is 2.30. The minimum atomic E-state index is -0.410. The van der Waals surface area contributed by atoms with E-state index in [0.29, 0.717) is 6.54 Å². The molecule has 0 saturated heterocycles. The quantitative estimate of drug-likeness (QED) is 0.235. The van der Waals surface area contributed by atoms with E-state index in [1.807, 2.05) is 35.2 Å². The molecule has 37 heavy (non-hydrogen) atoms. The predicted molar refractivity (Wildman–Crippen MR) is 147 cm³/mol. The fourth-order valence-corrected chi connectivity index (χ4v) is 5.00. The summed E-state index contributed by atoms with van der Waals surface area (Å²) in [5.74, 6) is -0.196.